The Morgan fingerprint density at radius 3 is 2.83 bits per heavy atom. The van der Waals surface area contributed by atoms with Crippen LogP contribution in [0, 0.1) is 5.92 Å². The van der Waals surface area contributed by atoms with Crippen LogP contribution in [0.25, 0.3) is 0 Å². The average molecular weight is 354 g/mol. The molecule has 1 heterocycles. The quantitative estimate of drug-likeness (QED) is 0.777. The number of hydrogen-bond donors (Lipinski definition) is 2. The van der Waals surface area contributed by atoms with Gasteiger partial charge in [0.15, 0.2) is 6.61 Å². The van der Waals surface area contributed by atoms with E-state index in [0.717, 1.165) is 31.5 Å². The SMILES string of the molecule is Cl.NCC(NC(=O)COc1cccc(N2CCCC2=O)c1)C1CC1. The topological polar surface area (TPSA) is 84.7 Å². The van der Waals surface area contributed by atoms with Crippen molar-refractivity contribution in [3.05, 3.63) is 24.3 Å². The number of nitrogens with zero attached hydrogens (tertiary/aromatic N) is 1. The number of benzene rings is 1. The van der Waals surface area contributed by atoms with Gasteiger partial charge in [0.25, 0.3) is 5.91 Å². The van der Waals surface area contributed by atoms with Gasteiger partial charge in [0.05, 0.1) is 0 Å². The molecule has 3 rings (SSSR count). The smallest absolute Gasteiger partial charge is 0.258 e. The molecule has 1 aromatic carbocycles. The highest BCUT2D eigenvalue weighted by Gasteiger charge is 2.31. The zero-order valence-electron chi connectivity index (χ0n) is 13.6. The summed E-state index contributed by atoms with van der Waals surface area (Å²) in [5.41, 5.74) is 6.50. The number of anilines is 1. The maximum absolute atomic E-state index is 12.0. The van der Waals surface area contributed by atoms with E-state index >= 15 is 0 Å². The predicted molar refractivity (Wildman–Crippen MR) is 94.5 cm³/mol. The van der Waals surface area contributed by atoms with Crippen molar-refractivity contribution in [3.8, 4) is 5.75 Å². The third-order valence-corrected chi connectivity index (χ3v) is 4.36. The van der Waals surface area contributed by atoms with Gasteiger partial charge in [-0.1, -0.05) is 6.07 Å². The van der Waals surface area contributed by atoms with E-state index < -0.39 is 0 Å². The van der Waals surface area contributed by atoms with Gasteiger partial charge >= 0.3 is 0 Å². The summed E-state index contributed by atoms with van der Waals surface area (Å²) >= 11 is 0. The number of nitrogens with two attached hydrogens (primary N) is 1. The Balaban J connectivity index is 0.00000208. The van der Waals surface area contributed by atoms with E-state index in [9.17, 15) is 9.59 Å². The van der Waals surface area contributed by atoms with E-state index in [4.69, 9.17) is 10.5 Å². The zero-order valence-corrected chi connectivity index (χ0v) is 14.4. The van der Waals surface area contributed by atoms with Crippen molar-refractivity contribution in [2.45, 2.75) is 31.7 Å². The van der Waals surface area contributed by atoms with Crippen LogP contribution in [0.5, 0.6) is 5.75 Å². The number of rotatable bonds is 7. The Morgan fingerprint density at radius 1 is 1.42 bits per heavy atom. The number of carbonyl (C=O) groups is 2. The van der Waals surface area contributed by atoms with Gasteiger partial charge in [-0.2, -0.15) is 0 Å². The van der Waals surface area contributed by atoms with E-state index in [0.29, 0.717) is 24.6 Å². The fourth-order valence-electron chi connectivity index (χ4n) is 2.93. The highest BCUT2D eigenvalue weighted by molar-refractivity contribution is 5.95. The van der Waals surface area contributed by atoms with Crippen LogP contribution in [0.15, 0.2) is 24.3 Å². The number of amides is 2. The highest BCUT2D eigenvalue weighted by atomic mass is 35.5. The largest absolute Gasteiger partial charge is 0.484 e. The molecule has 132 valence electrons. The van der Waals surface area contributed by atoms with Crippen molar-refractivity contribution in [1.82, 2.24) is 5.32 Å². The molecule has 2 fully saturated rings. The first kappa shape index (κ1) is 18.5. The summed E-state index contributed by atoms with van der Waals surface area (Å²) in [4.78, 5) is 25.5. The second-order valence-electron chi connectivity index (χ2n) is 6.18. The molecule has 1 atom stereocenters. The summed E-state index contributed by atoms with van der Waals surface area (Å²) in [5, 5.41) is 2.92. The van der Waals surface area contributed by atoms with Crippen LogP contribution >= 0.6 is 12.4 Å². The maximum atomic E-state index is 12.0. The number of carbonyl (C=O) groups excluding carboxylic acids is 2. The van der Waals surface area contributed by atoms with Crippen molar-refractivity contribution in [2.24, 2.45) is 11.7 Å². The van der Waals surface area contributed by atoms with Crippen molar-refractivity contribution in [2.75, 3.05) is 24.6 Å². The molecule has 3 N–H and O–H groups in total. The normalized spacial score (nSPS) is 18.0. The molecule has 0 aromatic heterocycles. The van der Waals surface area contributed by atoms with Gasteiger partial charge in [-0.15, -0.1) is 12.4 Å². The lowest BCUT2D eigenvalue weighted by Gasteiger charge is -2.18. The monoisotopic (exact) mass is 353 g/mol. The van der Waals surface area contributed by atoms with Gasteiger partial charge in [0.2, 0.25) is 5.91 Å². The Labute approximate surface area is 148 Å². The highest BCUT2D eigenvalue weighted by Crippen LogP contribution is 2.32. The summed E-state index contributed by atoms with van der Waals surface area (Å²) in [6.45, 7) is 1.16. The Morgan fingerprint density at radius 2 is 2.21 bits per heavy atom. The van der Waals surface area contributed by atoms with Crippen molar-refractivity contribution >= 4 is 29.9 Å². The fraction of sp³-hybridized carbons (Fsp3) is 0.529. The van der Waals surface area contributed by atoms with Crippen molar-refractivity contribution in [3.63, 3.8) is 0 Å². The van der Waals surface area contributed by atoms with Crippen molar-refractivity contribution < 1.29 is 14.3 Å². The van der Waals surface area contributed by atoms with Crippen LogP contribution in [0.4, 0.5) is 5.69 Å². The number of hydrogen-bond acceptors (Lipinski definition) is 4. The van der Waals surface area contributed by atoms with Gasteiger partial charge in [-0.3, -0.25) is 9.59 Å². The molecule has 24 heavy (non-hydrogen) atoms. The van der Waals surface area contributed by atoms with Gasteiger partial charge in [-0.25, -0.2) is 0 Å². The van der Waals surface area contributed by atoms with Gasteiger partial charge < -0.3 is 20.7 Å². The van der Waals surface area contributed by atoms with Crippen molar-refractivity contribution in [1.29, 1.82) is 0 Å². The molecular weight excluding hydrogens is 330 g/mol. The maximum Gasteiger partial charge on any atom is 0.258 e. The van der Waals surface area contributed by atoms with Gasteiger partial charge in [0.1, 0.15) is 5.75 Å². The molecule has 1 unspecified atom stereocenters. The minimum atomic E-state index is -0.157. The summed E-state index contributed by atoms with van der Waals surface area (Å²) in [5.74, 6) is 1.09. The summed E-state index contributed by atoms with van der Waals surface area (Å²) in [6, 6.07) is 7.37. The van der Waals surface area contributed by atoms with E-state index in [1.54, 1.807) is 17.0 Å². The Hall–Kier alpha value is -1.79. The molecular formula is C17H24ClN3O3. The van der Waals surface area contributed by atoms with E-state index in [-0.39, 0.29) is 36.9 Å². The fourth-order valence-corrected chi connectivity index (χ4v) is 2.93. The summed E-state index contributed by atoms with van der Waals surface area (Å²) < 4.78 is 5.56. The molecule has 1 aliphatic heterocycles. The molecule has 0 spiro atoms. The molecule has 1 saturated heterocycles. The summed E-state index contributed by atoms with van der Waals surface area (Å²) in [7, 11) is 0. The van der Waals surface area contributed by atoms with Crippen LogP contribution in [0.1, 0.15) is 25.7 Å². The van der Waals surface area contributed by atoms with Crippen LogP contribution < -0.4 is 20.7 Å². The van der Waals surface area contributed by atoms with Gasteiger partial charge in [0, 0.05) is 37.3 Å². The second kappa shape index (κ2) is 8.35. The number of ether oxygens (including phenoxy) is 1. The first-order valence-electron chi connectivity index (χ1n) is 8.20. The molecule has 0 bridgehead atoms. The standard InChI is InChI=1S/C17H23N3O3.ClH/c18-10-15(12-6-7-12)19-16(21)11-23-14-4-1-3-13(9-14)20-8-2-5-17(20)22;/h1,3-4,9,12,15H,2,5-8,10-11,18H2,(H,19,21);1H. The first-order valence-corrected chi connectivity index (χ1v) is 8.20. The molecule has 2 amide bonds. The minimum Gasteiger partial charge on any atom is -0.484 e. The average Bonchev–Trinajstić information content (AvgIpc) is 3.32. The third-order valence-electron chi connectivity index (χ3n) is 4.36. The van der Waals surface area contributed by atoms with E-state index in [2.05, 4.69) is 5.32 Å². The Bertz CT molecular complexity index is 592. The second-order valence-corrected chi connectivity index (χ2v) is 6.18. The van der Waals surface area contributed by atoms with Crippen LogP contribution in [-0.2, 0) is 9.59 Å². The Kier molecular flexibility index (Phi) is 6.45. The molecule has 1 saturated carbocycles. The molecule has 0 radical (unpaired) electrons. The lowest BCUT2D eigenvalue weighted by atomic mass is 10.2. The van der Waals surface area contributed by atoms with E-state index in [1.807, 2.05) is 12.1 Å². The zero-order chi connectivity index (χ0) is 16.2. The molecule has 6 nitrogen and oxygen atoms in total. The molecule has 2 aliphatic rings. The molecule has 1 aromatic rings. The lowest BCUT2D eigenvalue weighted by Crippen LogP contribution is -2.43. The van der Waals surface area contributed by atoms with Crippen LogP contribution in [0.3, 0.4) is 0 Å². The summed E-state index contributed by atoms with van der Waals surface area (Å²) in [6.07, 6.45) is 3.74. The van der Waals surface area contributed by atoms with Crippen LogP contribution in [0.2, 0.25) is 0 Å². The minimum absolute atomic E-state index is 0. The van der Waals surface area contributed by atoms with E-state index in [1.165, 1.54) is 0 Å². The number of halogens is 1. The van der Waals surface area contributed by atoms with Gasteiger partial charge in [-0.05, 0) is 37.3 Å². The van der Waals surface area contributed by atoms with Crippen LogP contribution in [-0.4, -0.2) is 37.6 Å². The third kappa shape index (κ3) is 4.61. The molecule has 7 heteroatoms. The first-order chi connectivity index (χ1) is 11.2. The lowest BCUT2D eigenvalue weighted by molar-refractivity contribution is -0.124. The predicted octanol–water partition coefficient (Wildman–Crippen LogP) is 1.47. The molecule has 1 aliphatic carbocycles. The number of nitrogens with one attached hydrogen (secondary N) is 1.